The van der Waals surface area contributed by atoms with Gasteiger partial charge in [0.1, 0.15) is 5.15 Å². The van der Waals surface area contributed by atoms with Gasteiger partial charge in [-0.1, -0.05) is 31.9 Å². The maximum atomic E-state index is 6.28. The second-order valence-corrected chi connectivity index (χ2v) is 7.31. The van der Waals surface area contributed by atoms with Gasteiger partial charge in [0.2, 0.25) is 5.88 Å². The molecule has 0 saturated heterocycles. The van der Waals surface area contributed by atoms with Crippen LogP contribution in [0.3, 0.4) is 0 Å². The number of nitrogens with zero attached hydrogens (tertiary/aromatic N) is 2. The van der Waals surface area contributed by atoms with Gasteiger partial charge < -0.3 is 10.5 Å². The molecule has 0 aromatic carbocycles. The van der Waals surface area contributed by atoms with Gasteiger partial charge in [0.25, 0.3) is 0 Å². The minimum atomic E-state index is -0.0565. The lowest BCUT2D eigenvalue weighted by molar-refractivity contribution is 0.303. The highest BCUT2D eigenvalue weighted by Gasteiger charge is 2.15. The fourth-order valence-corrected chi connectivity index (χ4v) is 2.91. The first-order valence-electron chi connectivity index (χ1n) is 7.92. The first kappa shape index (κ1) is 18.3. The van der Waals surface area contributed by atoms with E-state index in [4.69, 9.17) is 22.1 Å². The van der Waals surface area contributed by atoms with Gasteiger partial charge in [-0.05, 0) is 36.1 Å². The van der Waals surface area contributed by atoms with Gasteiger partial charge >= 0.3 is 0 Å². The normalized spacial score (nSPS) is 14.0. The molecule has 2 atom stereocenters. The topological polar surface area (TPSA) is 61.0 Å². The lowest BCUT2D eigenvalue weighted by Crippen LogP contribution is -2.12. The van der Waals surface area contributed by atoms with Crippen LogP contribution in [-0.4, -0.2) is 28.1 Å². The average molecular weight is 354 g/mol. The van der Waals surface area contributed by atoms with Crippen LogP contribution < -0.4 is 10.5 Å². The molecule has 0 radical (unpaired) electrons. The van der Waals surface area contributed by atoms with Gasteiger partial charge in [0.05, 0.1) is 12.0 Å². The molecular formula is C17H24ClN3OS. The quantitative estimate of drug-likeness (QED) is 0.702. The van der Waals surface area contributed by atoms with E-state index >= 15 is 0 Å². The number of hydrogen-bond acceptors (Lipinski definition) is 5. The number of aromatic nitrogens is 2. The third-order valence-corrected chi connectivity index (χ3v) is 5.14. The Morgan fingerprint density at radius 2 is 2.04 bits per heavy atom. The molecule has 0 bridgehead atoms. The largest absolute Gasteiger partial charge is 0.477 e. The minimum Gasteiger partial charge on any atom is -0.477 e. The van der Waals surface area contributed by atoms with E-state index in [9.17, 15) is 0 Å². The molecule has 2 aromatic heterocycles. The standard InChI is InChI=1S/C17H24ClN3OS/c1-4-5-15(19)13-9-21-17(22-7-6-11(2)23-3)14-10-20-16(18)8-12(13)14/h8-11,15H,4-7,19H2,1-3H3. The molecule has 0 fully saturated rings. The highest BCUT2D eigenvalue weighted by atomic mass is 35.5. The Morgan fingerprint density at radius 3 is 2.74 bits per heavy atom. The van der Waals surface area contributed by atoms with Crippen molar-refractivity contribution >= 4 is 34.1 Å². The second-order valence-electron chi connectivity index (χ2n) is 5.65. The Bertz CT molecular complexity index is 653. The van der Waals surface area contributed by atoms with Crippen molar-refractivity contribution in [1.82, 2.24) is 9.97 Å². The summed E-state index contributed by atoms with van der Waals surface area (Å²) in [4.78, 5) is 8.64. The number of nitrogens with two attached hydrogens (primary N) is 1. The van der Waals surface area contributed by atoms with E-state index < -0.39 is 0 Å². The van der Waals surface area contributed by atoms with Gasteiger partial charge in [-0.3, -0.25) is 0 Å². The highest BCUT2D eigenvalue weighted by molar-refractivity contribution is 7.99. The smallest absolute Gasteiger partial charge is 0.222 e. The third kappa shape index (κ3) is 4.72. The Kier molecular flexibility index (Phi) is 6.93. The summed E-state index contributed by atoms with van der Waals surface area (Å²) in [6.07, 6.45) is 8.54. The van der Waals surface area contributed by atoms with Crippen LogP contribution in [0.15, 0.2) is 18.5 Å². The molecule has 2 N–H and O–H groups in total. The first-order chi connectivity index (χ1) is 11.1. The van der Waals surface area contributed by atoms with Crippen molar-refractivity contribution in [1.29, 1.82) is 0 Å². The van der Waals surface area contributed by atoms with Gasteiger partial charge in [0.15, 0.2) is 0 Å². The van der Waals surface area contributed by atoms with E-state index in [1.165, 1.54) is 0 Å². The Balaban J connectivity index is 2.31. The van der Waals surface area contributed by atoms with Crippen molar-refractivity contribution in [3.63, 3.8) is 0 Å². The van der Waals surface area contributed by atoms with Gasteiger partial charge in [-0.15, -0.1) is 0 Å². The molecule has 2 aromatic rings. The summed E-state index contributed by atoms with van der Waals surface area (Å²) in [7, 11) is 0. The second kappa shape index (κ2) is 8.71. The lowest BCUT2D eigenvalue weighted by Gasteiger charge is -2.16. The number of ether oxygens (including phenoxy) is 1. The predicted octanol–water partition coefficient (Wildman–Crippen LogP) is 4.60. The molecule has 0 aliphatic carbocycles. The summed E-state index contributed by atoms with van der Waals surface area (Å²) in [6, 6.07) is 1.79. The van der Waals surface area contributed by atoms with E-state index in [0.29, 0.717) is 22.9 Å². The average Bonchev–Trinajstić information content (AvgIpc) is 2.54. The van der Waals surface area contributed by atoms with Crippen molar-refractivity contribution in [2.75, 3.05) is 12.9 Å². The Labute approximate surface area is 147 Å². The Hall–Kier alpha value is -1.04. The molecule has 0 spiro atoms. The Morgan fingerprint density at radius 1 is 1.26 bits per heavy atom. The van der Waals surface area contributed by atoms with Crippen molar-refractivity contribution in [2.45, 2.75) is 44.4 Å². The SMILES string of the molecule is CCCC(N)c1cnc(OCCC(C)SC)c2cnc(Cl)cc12. The van der Waals surface area contributed by atoms with Gasteiger partial charge in [-0.25, -0.2) is 9.97 Å². The summed E-state index contributed by atoms with van der Waals surface area (Å²) >= 11 is 7.90. The van der Waals surface area contributed by atoms with Crippen LogP contribution in [0.1, 0.15) is 44.7 Å². The molecular weight excluding hydrogens is 330 g/mol. The van der Waals surface area contributed by atoms with Crippen LogP contribution in [-0.2, 0) is 0 Å². The van der Waals surface area contributed by atoms with Crippen LogP contribution in [0.4, 0.5) is 0 Å². The molecule has 126 valence electrons. The van der Waals surface area contributed by atoms with Crippen LogP contribution >= 0.6 is 23.4 Å². The summed E-state index contributed by atoms with van der Waals surface area (Å²) in [5.41, 5.74) is 7.28. The van der Waals surface area contributed by atoms with Crippen LogP contribution in [0.5, 0.6) is 5.88 Å². The summed E-state index contributed by atoms with van der Waals surface area (Å²) in [5, 5.41) is 2.87. The third-order valence-electron chi connectivity index (χ3n) is 3.90. The lowest BCUT2D eigenvalue weighted by atomic mass is 10.00. The maximum absolute atomic E-state index is 6.28. The van der Waals surface area contributed by atoms with E-state index in [1.807, 2.05) is 24.0 Å². The number of rotatable bonds is 8. The van der Waals surface area contributed by atoms with E-state index in [1.54, 1.807) is 6.20 Å². The molecule has 2 rings (SSSR count). The van der Waals surface area contributed by atoms with Gasteiger partial charge in [0, 0.05) is 23.7 Å². The van der Waals surface area contributed by atoms with Crippen molar-refractivity contribution in [3.8, 4) is 5.88 Å². The molecule has 0 aliphatic rings. The highest BCUT2D eigenvalue weighted by Crippen LogP contribution is 2.31. The number of fused-ring (bicyclic) bond motifs is 1. The molecule has 0 aliphatic heterocycles. The predicted molar refractivity (Wildman–Crippen MR) is 99.5 cm³/mol. The van der Waals surface area contributed by atoms with E-state index in [0.717, 1.165) is 35.6 Å². The molecule has 2 heterocycles. The van der Waals surface area contributed by atoms with Crippen LogP contribution in [0.2, 0.25) is 5.15 Å². The maximum Gasteiger partial charge on any atom is 0.222 e. The van der Waals surface area contributed by atoms with Gasteiger partial charge in [-0.2, -0.15) is 11.8 Å². The van der Waals surface area contributed by atoms with E-state index in [2.05, 4.69) is 30.1 Å². The fraction of sp³-hybridized carbons (Fsp3) is 0.529. The summed E-state index contributed by atoms with van der Waals surface area (Å²) in [6.45, 7) is 4.94. The fourth-order valence-electron chi connectivity index (χ4n) is 2.42. The van der Waals surface area contributed by atoms with Crippen molar-refractivity contribution in [2.24, 2.45) is 5.73 Å². The molecule has 0 saturated carbocycles. The van der Waals surface area contributed by atoms with Crippen LogP contribution in [0.25, 0.3) is 10.8 Å². The zero-order valence-electron chi connectivity index (χ0n) is 13.9. The number of halogens is 1. The minimum absolute atomic E-state index is 0.0565. The van der Waals surface area contributed by atoms with Crippen molar-refractivity contribution in [3.05, 3.63) is 29.2 Å². The molecule has 6 heteroatoms. The van der Waals surface area contributed by atoms with Crippen molar-refractivity contribution < 1.29 is 4.74 Å². The molecule has 23 heavy (non-hydrogen) atoms. The number of pyridine rings is 2. The summed E-state index contributed by atoms with van der Waals surface area (Å²) in [5.74, 6) is 0.602. The molecule has 0 amide bonds. The number of thioether (sulfide) groups is 1. The molecule has 2 unspecified atom stereocenters. The first-order valence-corrected chi connectivity index (χ1v) is 9.58. The zero-order valence-corrected chi connectivity index (χ0v) is 15.5. The monoisotopic (exact) mass is 353 g/mol. The summed E-state index contributed by atoms with van der Waals surface area (Å²) < 4.78 is 5.88. The zero-order chi connectivity index (χ0) is 16.8. The van der Waals surface area contributed by atoms with E-state index in [-0.39, 0.29) is 6.04 Å². The van der Waals surface area contributed by atoms with Crippen LogP contribution in [0, 0.1) is 0 Å². The number of hydrogen-bond donors (Lipinski definition) is 1. The molecule has 4 nitrogen and oxygen atoms in total.